The van der Waals surface area contributed by atoms with Crippen LogP contribution in [0.4, 0.5) is 4.39 Å². The van der Waals surface area contributed by atoms with Crippen molar-refractivity contribution in [3.63, 3.8) is 0 Å². The Morgan fingerprint density at radius 3 is 2.32 bits per heavy atom. The van der Waals surface area contributed by atoms with Crippen LogP contribution in [-0.2, 0) is 16.6 Å². The zero-order valence-electron chi connectivity index (χ0n) is 15.2. The van der Waals surface area contributed by atoms with Gasteiger partial charge >= 0.3 is 0 Å². The highest BCUT2D eigenvalue weighted by Gasteiger charge is 2.28. The van der Waals surface area contributed by atoms with E-state index in [9.17, 15) is 12.8 Å². The summed E-state index contributed by atoms with van der Waals surface area (Å²) in [6.45, 7) is 2.95. The number of benzene rings is 2. The van der Waals surface area contributed by atoms with E-state index in [1.54, 1.807) is 52.0 Å². The number of rotatable bonds is 5. The summed E-state index contributed by atoms with van der Waals surface area (Å²) in [5, 5.41) is 2.94. The Bertz CT molecular complexity index is 1030. The lowest BCUT2D eigenvalue weighted by Gasteiger charge is -2.33. The third-order valence-corrected chi connectivity index (χ3v) is 7.51. The van der Waals surface area contributed by atoms with Crippen LogP contribution in [0.2, 0.25) is 0 Å². The Kier molecular flexibility index (Phi) is 5.54. The van der Waals surface area contributed by atoms with Gasteiger partial charge < -0.3 is 0 Å². The molecule has 2 heterocycles. The fourth-order valence-corrected chi connectivity index (χ4v) is 5.49. The van der Waals surface area contributed by atoms with E-state index in [2.05, 4.69) is 9.88 Å². The summed E-state index contributed by atoms with van der Waals surface area (Å²) in [5.74, 6) is -0.262. The second-order valence-electron chi connectivity index (χ2n) is 6.63. The highest BCUT2D eigenvalue weighted by atomic mass is 32.2. The van der Waals surface area contributed by atoms with Gasteiger partial charge in [-0.05, 0) is 36.4 Å². The molecule has 1 fully saturated rings. The van der Waals surface area contributed by atoms with Crippen molar-refractivity contribution in [2.45, 2.75) is 11.4 Å². The molecule has 0 spiro atoms. The third kappa shape index (κ3) is 4.15. The van der Waals surface area contributed by atoms with Crippen molar-refractivity contribution in [1.29, 1.82) is 0 Å². The fourth-order valence-electron chi connectivity index (χ4n) is 3.20. The minimum Gasteiger partial charge on any atom is -0.294 e. The smallest absolute Gasteiger partial charge is 0.243 e. The molecule has 5 nitrogen and oxygen atoms in total. The second-order valence-corrected chi connectivity index (χ2v) is 9.51. The Morgan fingerprint density at radius 1 is 0.964 bits per heavy atom. The Balaban J connectivity index is 1.37. The first-order chi connectivity index (χ1) is 13.5. The van der Waals surface area contributed by atoms with E-state index in [-0.39, 0.29) is 5.82 Å². The standard InChI is InChI=1S/C20H20FN3O2S2/c21-17-8-6-16(7-9-17)19-15-27-20(22-19)14-23-10-12-24(13-11-23)28(25,26)18-4-2-1-3-5-18/h1-9,15H,10-14H2. The van der Waals surface area contributed by atoms with E-state index < -0.39 is 10.0 Å². The monoisotopic (exact) mass is 417 g/mol. The van der Waals surface area contributed by atoms with Gasteiger partial charge in [0.2, 0.25) is 10.0 Å². The Hall–Kier alpha value is -2.13. The van der Waals surface area contributed by atoms with Crippen LogP contribution in [0.25, 0.3) is 11.3 Å². The van der Waals surface area contributed by atoms with E-state index in [1.165, 1.54) is 12.1 Å². The molecule has 0 bridgehead atoms. The molecule has 0 N–H and O–H groups in total. The van der Waals surface area contributed by atoms with Gasteiger partial charge in [-0.2, -0.15) is 4.31 Å². The molecule has 146 valence electrons. The molecule has 1 aliphatic heterocycles. The number of piperazine rings is 1. The molecule has 3 aromatic rings. The van der Waals surface area contributed by atoms with Gasteiger partial charge in [-0.1, -0.05) is 18.2 Å². The average molecular weight is 418 g/mol. The molecule has 0 atom stereocenters. The van der Waals surface area contributed by atoms with Gasteiger partial charge in [0.25, 0.3) is 0 Å². The van der Waals surface area contributed by atoms with Gasteiger partial charge in [0, 0.05) is 37.1 Å². The first-order valence-corrected chi connectivity index (χ1v) is 11.3. The lowest BCUT2D eigenvalue weighted by Crippen LogP contribution is -2.48. The minimum atomic E-state index is -3.43. The molecule has 0 saturated carbocycles. The van der Waals surface area contributed by atoms with Crippen LogP contribution in [-0.4, -0.2) is 48.8 Å². The van der Waals surface area contributed by atoms with Gasteiger partial charge in [0.15, 0.2) is 0 Å². The molecular weight excluding hydrogens is 397 g/mol. The van der Waals surface area contributed by atoms with Crippen LogP contribution in [0.1, 0.15) is 5.01 Å². The molecule has 0 radical (unpaired) electrons. The number of thiazole rings is 1. The summed E-state index contributed by atoms with van der Waals surface area (Å²) in [4.78, 5) is 7.19. The quantitative estimate of drug-likeness (QED) is 0.638. The van der Waals surface area contributed by atoms with Crippen LogP contribution in [0, 0.1) is 5.82 Å². The maximum absolute atomic E-state index is 13.1. The number of aromatic nitrogens is 1. The van der Waals surface area contributed by atoms with Gasteiger partial charge in [-0.15, -0.1) is 11.3 Å². The van der Waals surface area contributed by atoms with Crippen molar-refractivity contribution in [1.82, 2.24) is 14.2 Å². The van der Waals surface area contributed by atoms with E-state index in [1.807, 2.05) is 11.4 Å². The number of hydrogen-bond donors (Lipinski definition) is 0. The lowest BCUT2D eigenvalue weighted by molar-refractivity contribution is 0.181. The molecule has 2 aromatic carbocycles. The predicted molar refractivity (Wildman–Crippen MR) is 108 cm³/mol. The molecule has 8 heteroatoms. The van der Waals surface area contributed by atoms with E-state index in [0.717, 1.165) is 16.3 Å². The van der Waals surface area contributed by atoms with Crippen LogP contribution in [0.3, 0.4) is 0 Å². The first-order valence-electron chi connectivity index (χ1n) is 9.00. The van der Waals surface area contributed by atoms with E-state index >= 15 is 0 Å². The lowest BCUT2D eigenvalue weighted by atomic mass is 10.2. The van der Waals surface area contributed by atoms with Crippen LogP contribution in [0.5, 0.6) is 0 Å². The fraction of sp³-hybridized carbons (Fsp3) is 0.250. The topological polar surface area (TPSA) is 53.5 Å². The third-order valence-electron chi connectivity index (χ3n) is 4.76. The molecular formula is C20H20FN3O2S2. The summed E-state index contributed by atoms with van der Waals surface area (Å²) in [5.41, 5.74) is 1.73. The van der Waals surface area contributed by atoms with Crippen molar-refractivity contribution < 1.29 is 12.8 Å². The van der Waals surface area contributed by atoms with Crippen molar-refractivity contribution in [2.24, 2.45) is 0 Å². The van der Waals surface area contributed by atoms with Gasteiger partial charge in [0.05, 0.1) is 17.1 Å². The van der Waals surface area contributed by atoms with E-state index in [4.69, 9.17) is 0 Å². The van der Waals surface area contributed by atoms with Gasteiger partial charge in [0.1, 0.15) is 10.8 Å². The van der Waals surface area contributed by atoms with Crippen molar-refractivity contribution in [3.8, 4) is 11.3 Å². The summed E-state index contributed by atoms with van der Waals surface area (Å²) in [6.07, 6.45) is 0. The molecule has 1 aromatic heterocycles. The molecule has 1 aliphatic rings. The largest absolute Gasteiger partial charge is 0.294 e. The highest BCUT2D eigenvalue weighted by Crippen LogP contribution is 2.24. The molecule has 28 heavy (non-hydrogen) atoms. The highest BCUT2D eigenvalue weighted by molar-refractivity contribution is 7.89. The normalized spacial score (nSPS) is 16.3. The van der Waals surface area contributed by atoms with E-state index in [0.29, 0.717) is 37.6 Å². The number of nitrogens with zero attached hydrogens (tertiary/aromatic N) is 3. The Morgan fingerprint density at radius 2 is 1.64 bits per heavy atom. The molecule has 0 amide bonds. The number of hydrogen-bond acceptors (Lipinski definition) is 5. The molecule has 4 rings (SSSR count). The summed E-state index contributed by atoms with van der Waals surface area (Å²) >= 11 is 1.57. The van der Waals surface area contributed by atoms with Crippen LogP contribution < -0.4 is 0 Å². The summed E-state index contributed by atoms with van der Waals surface area (Å²) < 4.78 is 40.0. The molecule has 0 unspecified atom stereocenters. The Labute approximate surface area is 168 Å². The maximum atomic E-state index is 13.1. The van der Waals surface area contributed by atoms with Crippen molar-refractivity contribution in [2.75, 3.05) is 26.2 Å². The summed E-state index contributed by atoms with van der Waals surface area (Å²) in [6, 6.07) is 14.9. The van der Waals surface area contributed by atoms with Gasteiger partial charge in [-0.3, -0.25) is 4.90 Å². The molecule has 1 saturated heterocycles. The second kappa shape index (κ2) is 8.08. The number of sulfonamides is 1. The zero-order chi connectivity index (χ0) is 19.6. The first kappa shape index (κ1) is 19.2. The van der Waals surface area contributed by atoms with Crippen molar-refractivity contribution >= 4 is 21.4 Å². The van der Waals surface area contributed by atoms with Gasteiger partial charge in [-0.25, -0.2) is 17.8 Å². The maximum Gasteiger partial charge on any atom is 0.243 e. The van der Waals surface area contributed by atoms with Crippen molar-refractivity contribution in [3.05, 3.63) is 70.8 Å². The van der Waals surface area contributed by atoms with Crippen LogP contribution in [0.15, 0.2) is 64.9 Å². The zero-order valence-corrected chi connectivity index (χ0v) is 16.8. The average Bonchev–Trinajstić information content (AvgIpc) is 3.18. The molecule has 0 aliphatic carbocycles. The summed E-state index contributed by atoms with van der Waals surface area (Å²) in [7, 11) is -3.43. The van der Waals surface area contributed by atoms with Crippen LogP contribution >= 0.6 is 11.3 Å². The minimum absolute atomic E-state index is 0.262. The number of halogens is 1. The predicted octanol–water partition coefficient (Wildman–Crippen LogP) is 3.46. The SMILES string of the molecule is O=S(=O)(c1ccccc1)N1CCN(Cc2nc(-c3ccc(F)cc3)cs2)CC1.